The summed E-state index contributed by atoms with van der Waals surface area (Å²) in [5.74, 6) is 0.251. The van der Waals surface area contributed by atoms with Crippen molar-refractivity contribution in [2.75, 3.05) is 11.9 Å². The first-order chi connectivity index (χ1) is 14.9. The van der Waals surface area contributed by atoms with Crippen LogP contribution in [0.25, 0.3) is 5.57 Å². The van der Waals surface area contributed by atoms with Gasteiger partial charge in [-0.2, -0.15) is 5.26 Å². The monoisotopic (exact) mass is 414 g/mol. The van der Waals surface area contributed by atoms with Crippen molar-refractivity contribution in [2.24, 2.45) is 5.92 Å². The number of nitriles is 1. The van der Waals surface area contributed by atoms with Gasteiger partial charge in [0.25, 0.3) is 0 Å². The highest BCUT2D eigenvalue weighted by Crippen LogP contribution is 2.27. The lowest BCUT2D eigenvalue weighted by molar-refractivity contribution is -0.123. The molecule has 1 unspecified atom stereocenters. The van der Waals surface area contributed by atoms with E-state index in [4.69, 9.17) is 5.26 Å². The third kappa shape index (κ3) is 4.52. The molecule has 2 amide bonds. The highest BCUT2D eigenvalue weighted by atomic mass is 16.2. The number of anilines is 1. The Labute approximate surface area is 182 Å². The van der Waals surface area contributed by atoms with Crippen LogP contribution in [0, 0.1) is 17.2 Å². The van der Waals surface area contributed by atoms with E-state index < -0.39 is 0 Å². The molecule has 0 fully saturated rings. The number of carbonyl (C=O) groups excluding carboxylic acids is 2. The largest absolute Gasteiger partial charge is 0.322 e. The van der Waals surface area contributed by atoms with Crippen LogP contribution in [-0.4, -0.2) is 29.3 Å². The first-order valence-electron chi connectivity index (χ1n) is 10.6. The quantitative estimate of drug-likeness (QED) is 0.790. The van der Waals surface area contributed by atoms with Gasteiger partial charge in [0.15, 0.2) is 5.78 Å². The van der Waals surface area contributed by atoms with Crippen molar-refractivity contribution in [1.29, 1.82) is 5.26 Å². The number of nitrogens with one attached hydrogen (secondary N) is 2. The van der Waals surface area contributed by atoms with E-state index in [-0.39, 0.29) is 23.8 Å². The molecule has 6 heteroatoms. The van der Waals surface area contributed by atoms with Crippen molar-refractivity contribution in [3.8, 4) is 6.07 Å². The molecule has 0 bridgehead atoms. The van der Waals surface area contributed by atoms with Gasteiger partial charge >= 0.3 is 6.03 Å². The third-order valence-electron chi connectivity index (χ3n) is 5.90. The standard InChI is InChI=1S/C25H26N4O2/c1-16(2)24(30)23-12-19(9-10-27-23)18-5-7-22(8-6-18)28-25(31)29-14-20-4-3-17(13-26)11-21(20)15-29/h3-9,11,16,23,27H,10,12,14-15H2,1-2H3,(H,28,31). The number of nitrogens with zero attached hydrogens (tertiary/aromatic N) is 2. The number of fused-ring (bicyclic) bond motifs is 1. The van der Waals surface area contributed by atoms with Crippen LogP contribution < -0.4 is 10.6 Å². The van der Waals surface area contributed by atoms with Gasteiger partial charge < -0.3 is 15.5 Å². The van der Waals surface area contributed by atoms with Crippen molar-refractivity contribution >= 4 is 23.1 Å². The average Bonchev–Trinajstić information content (AvgIpc) is 3.22. The van der Waals surface area contributed by atoms with Crippen LogP contribution in [0.5, 0.6) is 0 Å². The van der Waals surface area contributed by atoms with Crippen LogP contribution in [0.2, 0.25) is 0 Å². The maximum atomic E-state index is 12.7. The number of ketones is 1. The Kier molecular flexibility index (Phi) is 5.88. The number of hydrogen-bond acceptors (Lipinski definition) is 4. The van der Waals surface area contributed by atoms with Crippen molar-refractivity contribution in [3.05, 3.63) is 70.8 Å². The molecular formula is C25H26N4O2. The van der Waals surface area contributed by atoms with Crippen molar-refractivity contribution < 1.29 is 9.59 Å². The first-order valence-corrected chi connectivity index (χ1v) is 10.6. The van der Waals surface area contributed by atoms with Crippen LogP contribution in [0.3, 0.4) is 0 Å². The second-order valence-corrected chi connectivity index (χ2v) is 8.41. The summed E-state index contributed by atoms with van der Waals surface area (Å²) >= 11 is 0. The van der Waals surface area contributed by atoms with E-state index in [1.165, 1.54) is 0 Å². The second kappa shape index (κ2) is 8.75. The zero-order valence-corrected chi connectivity index (χ0v) is 17.8. The highest BCUT2D eigenvalue weighted by molar-refractivity contribution is 5.90. The summed E-state index contributed by atoms with van der Waals surface area (Å²) in [7, 11) is 0. The van der Waals surface area contributed by atoms with Gasteiger partial charge in [0, 0.05) is 31.2 Å². The zero-order chi connectivity index (χ0) is 22.0. The SMILES string of the molecule is CC(C)C(=O)C1CC(c2ccc(NC(=O)N3Cc4ccc(C#N)cc4C3)cc2)=CCN1. The van der Waals surface area contributed by atoms with Gasteiger partial charge in [-0.05, 0) is 52.9 Å². The summed E-state index contributed by atoms with van der Waals surface area (Å²) in [6.07, 6.45) is 2.80. The summed E-state index contributed by atoms with van der Waals surface area (Å²) in [5.41, 5.74) is 5.66. The summed E-state index contributed by atoms with van der Waals surface area (Å²) in [6.45, 7) is 5.58. The number of benzene rings is 2. The molecule has 2 aromatic rings. The Morgan fingerprint density at radius 3 is 2.58 bits per heavy atom. The third-order valence-corrected chi connectivity index (χ3v) is 5.90. The molecule has 2 aliphatic rings. The maximum Gasteiger partial charge on any atom is 0.322 e. The van der Waals surface area contributed by atoms with Crippen molar-refractivity contribution in [2.45, 2.75) is 39.4 Å². The molecule has 0 aromatic heterocycles. The fraction of sp³-hybridized carbons (Fsp3) is 0.320. The van der Waals surface area contributed by atoms with E-state index in [9.17, 15) is 9.59 Å². The van der Waals surface area contributed by atoms with Crippen LogP contribution >= 0.6 is 0 Å². The van der Waals surface area contributed by atoms with E-state index in [1.54, 1.807) is 11.0 Å². The topological polar surface area (TPSA) is 85.2 Å². The predicted molar refractivity (Wildman–Crippen MR) is 120 cm³/mol. The van der Waals surface area contributed by atoms with Crippen molar-refractivity contribution in [3.63, 3.8) is 0 Å². The molecule has 1 atom stereocenters. The Hall–Kier alpha value is -3.43. The van der Waals surface area contributed by atoms with Gasteiger partial charge in [0.2, 0.25) is 0 Å². The first kappa shape index (κ1) is 20.8. The maximum absolute atomic E-state index is 12.7. The smallest absolute Gasteiger partial charge is 0.316 e. The van der Waals surface area contributed by atoms with Crippen LogP contribution in [0.15, 0.2) is 48.5 Å². The molecule has 4 rings (SSSR count). The van der Waals surface area contributed by atoms with Crippen LogP contribution in [-0.2, 0) is 17.9 Å². The summed E-state index contributed by atoms with van der Waals surface area (Å²) < 4.78 is 0. The Balaban J connectivity index is 1.38. The van der Waals surface area contributed by atoms with Gasteiger partial charge in [-0.15, -0.1) is 0 Å². The van der Waals surface area contributed by atoms with Gasteiger partial charge in [0.05, 0.1) is 17.7 Å². The summed E-state index contributed by atoms with van der Waals surface area (Å²) in [5, 5.41) is 15.3. The molecular weight excluding hydrogens is 388 g/mol. The minimum atomic E-state index is -0.161. The number of rotatable bonds is 4. The molecule has 2 aromatic carbocycles. The number of amides is 2. The fourth-order valence-electron chi connectivity index (χ4n) is 4.12. The highest BCUT2D eigenvalue weighted by Gasteiger charge is 2.25. The van der Waals surface area contributed by atoms with Gasteiger partial charge in [-0.25, -0.2) is 4.79 Å². The lowest BCUT2D eigenvalue weighted by atomic mass is 9.90. The molecule has 6 nitrogen and oxygen atoms in total. The summed E-state index contributed by atoms with van der Waals surface area (Å²) in [4.78, 5) is 26.8. The minimum Gasteiger partial charge on any atom is -0.316 e. The Morgan fingerprint density at radius 2 is 1.87 bits per heavy atom. The molecule has 0 saturated carbocycles. The molecule has 158 valence electrons. The molecule has 31 heavy (non-hydrogen) atoms. The van der Waals surface area contributed by atoms with Gasteiger partial charge in [-0.3, -0.25) is 4.79 Å². The lowest BCUT2D eigenvalue weighted by Gasteiger charge is -2.25. The van der Waals surface area contributed by atoms with Gasteiger partial charge in [-0.1, -0.05) is 38.1 Å². The number of urea groups is 1. The molecule has 2 aliphatic heterocycles. The molecule has 2 heterocycles. The van der Waals surface area contributed by atoms with Crippen LogP contribution in [0.4, 0.5) is 10.5 Å². The van der Waals surface area contributed by atoms with Gasteiger partial charge in [0.1, 0.15) is 0 Å². The molecule has 0 spiro atoms. The lowest BCUT2D eigenvalue weighted by Crippen LogP contribution is -2.41. The number of hydrogen-bond donors (Lipinski definition) is 2. The molecule has 0 saturated heterocycles. The van der Waals surface area contributed by atoms with Crippen LogP contribution in [0.1, 0.15) is 42.5 Å². The van der Waals surface area contributed by atoms with E-state index in [1.807, 2.05) is 50.2 Å². The Morgan fingerprint density at radius 1 is 1.13 bits per heavy atom. The predicted octanol–water partition coefficient (Wildman–Crippen LogP) is 4.08. The Bertz CT molecular complexity index is 1080. The second-order valence-electron chi connectivity index (χ2n) is 8.41. The zero-order valence-electron chi connectivity index (χ0n) is 17.8. The number of Topliss-reactive ketones (excluding diaryl/α,β-unsaturated/α-hetero) is 1. The summed E-state index contributed by atoms with van der Waals surface area (Å²) in [6, 6.07) is 15.2. The molecule has 2 N–H and O–H groups in total. The average molecular weight is 415 g/mol. The van der Waals surface area contributed by atoms with E-state index >= 15 is 0 Å². The molecule has 0 radical (unpaired) electrons. The van der Waals surface area contributed by atoms with E-state index in [0.29, 0.717) is 31.6 Å². The van der Waals surface area contributed by atoms with E-state index in [2.05, 4.69) is 22.8 Å². The fourth-order valence-corrected chi connectivity index (χ4v) is 4.12. The molecule has 0 aliphatic carbocycles. The number of carbonyl (C=O) groups is 2. The van der Waals surface area contributed by atoms with E-state index in [0.717, 1.165) is 28.0 Å². The normalized spacial score (nSPS) is 17.7. The minimum absolute atomic E-state index is 0.0117. The van der Waals surface area contributed by atoms with Crippen molar-refractivity contribution in [1.82, 2.24) is 10.2 Å².